The lowest BCUT2D eigenvalue weighted by Gasteiger charge is -2.24. The van der Waals surface area contributed by atoms with Gasteiger partial charge in [-0.15, -0.1) is 23.1 Å². The summed E-state index contributed by atoms with van der Waals surface area (Å²) in [5.41, 5.74) is 4.25. The predicted molar refractivity (Wildman–Crippen MR) is 157 cm³/mol. The second kappa shape index (κ2) is 11.6. The molecule has 2 aromatic heterocycles. The number of nitrogens with zero attached hydrogens (tertiary/aromatic N) is 3. The summed E-state index contributed by atoms with van der Waals surface area (Å²) in [6.07, 6.45) is 1.89. The Morgan fingerprint density at radius 2 is 1.98 bits per heavy atom. The van der Waals surface area contributed by atoms with E-state index in [2.05, 4.69) is 5.32 Å². The van der Waals surface area contributed by atoms with Gasteiger partial charge < -0.3 is 10.1 Å². The van der Waals surface area contributed by atoms with Crippen molar-refractivity contribution in [3.8, 4) is 16.3 Å². The van der Waals surface area contributed by atoms with E-state index in [1.165, 1.54) is 23.9 Å². The Kier molecular flexibility index (Phi) is 7.73. The third-order valence-corrected chi connectivity index (χ3v) is 9.34. The summed E-state index contributed by atoms with van der Waals surface area (Å²) in [6.45, 7) is 2.98. The van der Waals surface area contributed by atoms with Crippen molar-refractivity contribution >= 4 is 40.7 Å². The van der Waals surface area contributed by atoms with Gasteiger partial charge >= 0.3 is 0 Å². The number of fused-ring (bicyclic) bond motifs is 1. The average Bonchev–Trinajstić information content (AvgIpc) is 3.72. The second-order valence-electron chi connectivity index (χ2n) is 9.92. The largest absolute Gasteiger partial charge is 0.376 e. The van der Waals surface area contributed by atoms with E-state index in [0.29, 0.717) is 19.0 Å². The van der Waals surface area contributed by atoms with Crippen LogP contribution < -0.4 is 10.2 Å². The van der Waals surface area contributed by atoms with Crippen molar-refractivity contribution in [2.45, 2.75) is 31.1 Å². The molecule has 10 heteroatoms. The molecule has 2 unspecified atom stereocenters. The van der Waals surface area contributed by atoms with E-state index in [1.807, 2.05) is 48.7 Å². The minimum atomic E-state index is -0.322. The third-order valence-electron chi connectivity index (χ3n) is 7.21. The Labute approximate surface area is 240 Å². The predicted octanol–water partition coefficient (Wildman–Crippen LogP) is 5.51. The van der Waals surface area contributed by atoms with Crippen molar-refractivity contribution in [1.82, 2.24) is 15.1 Å². The molecule has 2 aliphatic heterocycles. The smallest absolute Gasteiger partial charge is 0.240 e. The molecule has 2 aliphatic rings. The number of anilines is 1. The SMILES string of the molecule is Cc1ccccc1-n1nc(-c2cccs2)c2c1N(CC(=O)NCC1CCCO1)C(=O)CSC2c1ccc(F)cc1. The molecule has 2 atom stereocenters. The number of hydrogen-bond donors (Lipinski definition) is 1. The van der Waals surface area contributed by atoms with E-state index in [-0.39, 0.29) is 41.3 Å². The normalized spacial score (nSPS) is 18.9. The maximum absolute atomic E-state index is 13.9. The maximum Gasteiger partial charge on any atom is 0.240 e. The van der Waals surface area contributed by atoms with Crippen molar-refractivity contribution in [3.05, 3.63) is 88.6 Å². The van der Waals surface area contributed by atoms with E-state index in [1.54, 1.807) is 33.1 Å². The standard InChI is InChI=1S/C30H29FN4O3S2/c1-19-6-2-3-8-23(19)35-30-27(28(33-35)24-9-5-15-39-24)29(20-10-12-21(31)13-11-20)40-18-26(37)34(30)17-25(36)32-16-22-7-4-14-38-22/h2-3,5-6,8-13,15,22,29H,4,7,14,16-18H2,1H3,(H,32,36). The number of benzene rings is 2. The van der Waals surface area contributed by atoms with Crippen LogP contribution in [0.1, 0.15) is 34.8 Å². The fourth-order valence-electron chi connectivity index (χ4n) is 5.22. The highest BCUT2D eigenvalue weighted by Gasteiger charge is 2.38. The quantitative estimate of drug-likeness (QED) is 0.314. The summed E-state index contributed by atoms with van der Waals surface area (Å²) in [5.74, 6) is -0.0367. The van der Waals surface area contributed by atoms with Gasteiger partial charge in [0.25, 0.3) is 0 Å². The van der Waals surface area contributed by atoms with Gasteiger partial charge in [-0.25, -0.2) is 9.07 Å². The zero-order valence-electron chi connectivity index (χ0n) is 22.0. The van der Waals surface area contributed by atoms with Gasteiger partial charge in [0, 0.05) is 18.7 Å². The minimum absolute atomic E-state index is 0.000635. The van der Waals surface area contributed by atoms with Crippen molar-refractivity contribution in [3.63, 3.8) is 0 Å². The fraction of sp³-hybridized carbons (Fsp3) is 0.300. The number of ether oxygens (including phenoxy) is 1. The van der Waals surface area contributed by atoms with Gasteiger partial charge in [0.15, 0.2) is 0 Å². The van der Waals surface area contributed by atoms with Crippen molar-refractivity contribution in [1.29, 1.82) is 0 Å². The Morgan fingerprint density at radius 3 is 2.70 bits per heavy atom. The minimum Gasteiger partial charge on any atom is -0.376 e. The molecule has 40 heavy (non-hydrogen) atoms. The first-order valence-corrected chi connectivity index (χ1v) is 15.2. The van der Waals surface area contributed by atoms with Crippen LogP contribution in [0.4, 0.5) is 10.2 Å². The molecule has 7 nitrogen and oxygen atoms in total. The van der Waals surface area contributed by atoms with Gasteiger partial charge in [-0.1, -0.05) is 36.4 Å². The molecule has 0 spiro atoms. The molecule has 0 aliphatic carbocycles. The van der Waals surface area contributed by atoms with Crippen LogP contribution in [-0.2, 0) is 14.3 Å². The first kappa shape index (κ1) is 26.7. The van der Waals surface area contributed by atoms with E-state index < -0.39 is 0 Å². The van der Waals surface area contributed by atoms with Gasteiger partial charge in [0.2, 0.25) is 11.8 Å². The topological polar surface area (TPSA) is 76.5 Å². The highest BCUT2D eigenvalue weighted by atomic mass is 32.2. The number of amides is 2. The summed E-state index contributed by atoms with van der Waals surface area (Å²) >= 11 is 3.03. The van der Waals surface area contributed by atoms with Crippen LogP contribution in [0.25, 0.3) is 16.3 Å². The first-order valence-electron chi connectivity index (χ1n) is 13.3. The Balaban J connectivity index is 1.51. The van der Waals surface area contributed by atoms with Crippen LogP contribution in [0.5, 0.6) is 0 Å². The Hall–Kier alpha value is -3.47. The molecular weight excluding hydrogens is 547 g/mol. The molecule has 206 valence electrons. The van der Waals surface area contributed by atoms with Crippen LogP contribution >= 0.6 is 23.1 Å². The second-order valence-corrected chi connectivity index (χ2v) is 12.0. The Bertz CT molecular complexity index is 1510. The molecule has 1 fully saturated rings. The first-order chi connectivity index (χ1) is 19.5. The van der Waals surface area contributed by atoms with Crippen molar-refractivity contribution in [2.24, 2.45) is 0 Å². The third kappa shape index (κ3) is 5.31. The summed E-state index contributed by atoms with van der Waals surface area (Å²) in [5, 5.41) is 9.76. The van der Waals surface area contributed by atoms with E-state index >= 15 is 0 Å². The van der Waals surface area contributed by atoms with Gasteiger partial charge in [-0.3, -0.25) is 14.5 Å². The van der Waals surface area contributed by atoms with E-state index in [0.717, 1.165) is 45.8 Å². The van der Waals surface area contributed by atoms with Crippen molar-refractivity contribution < 1.29 is 18.7 Å². The molecule has 4 aromatic rings. The molecule has 0 bridgehead atoms. The van der Waals surface area contributed by atoms with E-state index in [9.17, 15) is 14.0 Å². The van der Waals surface area contributed by atoms with Gasteiger partial charge in [0.05, 0.1) is 27.7 Å². The van der Waals surface area contributed by atoms with Gasteiger partial charge in [-0.2, -0.15) is 5.10 Å². The number of hydrogen-bond acceptors (Lipinski definition) is 6. The highest BCUT2D eigenvalue weighted by Crippen LogP contribution is 2.49. The number of halogens is 1. The number of aryl methyl sites for hydroxylation is 1. The molecule has 0 saturated carbocycles. The lowest BCUT2D eigenvalue weighted by molar-refractivity contribution is -0.123. The number of carbonyl (C=O) groups excluding carboxylic acids is 2. The highest BCUT2D eigenvalue weighted by molar-refractivity contribution is 8.00. The lowest BCUT2D eigenvalue weighted by Crippen LogP contribution is -2.44. The van der Waals surface area contributed by atoms with Crippen LogP contribution in [0.3, 0.4) is 0 Å². The molecule has 6 rings (SSSR count). The number of thiophene rings is 1. The number of aromatic nitrogens is 2. The van der Waals surface area contributed by atoms with Crippen molar-refractivity contribution in [2.75, 3.05) is 30.3 Å². The van der Waals surface area contributed by atoms with Gasteiger partial charge in [0.1, 0.15) is 23.9 Å². The van der Waals surface area contributed by atoms with Gasteiger partial charge in [-0.05, 0) is 60.5 Å². The van der Waals surface area contributed by atoms with Crippen LogP contribution in [0, 0.1) is 12.7 Å². The van der Waals surface area contributed by atoms with Crippen LogP contribution in [0.15, 0.2) is 66.0 Å². The number of thioether (sulfide) groups is 1. The van der Waals surface area contributed by atoms with E-state index in [4.69, 9.17) is 9.84 Å². The maximum atomic E-state index is 13.9. The summed E-state index contributed by atoms with van der Waals surface area (Å²) < 4.78 is 21.4. The number of nitrogens with one attached hydrogen (secondary N) is 1. The molecule has 0 radical (unpaired) electrons. The number of carbonyl (C=O) groups is 2. The monoisotopic (exact) mass is 576 g/mol. The summed E-state index contributed by atoms with van der Waals surface area (Å²) in [4.78, 5) is 29.5. The van der Waals surface area contributed by atoms with Crippen LogP contribution in [0.2, 0.25) is 0 Å². The number of rotatable bonds is 7. The fourth-order valence-corrected chi connectivity index (χ4v) is 7.14. The number of para-hydroxylation sites is 1. The molecule has 4 heterocycles. The molecular formula is C30H29FN4O3S2. The Morgan fingerprint density at radius 1 is 1.15 bits per heavy atom. The molecule has 1 saturated heterocycles. The molecule has 1 N–H and O–H groups in total. The zero-order valence-corrected chi connectivity index (χ0v) is 23.6. The summed E-state index contributed by atoms with van der Waals surface area (Å²) in [6, 6.07) is 18.2. The molecule has 2 amide bonds. The average molecular weight is 577 g/mol. The zero-order chi connectivity index (χ0) is 27.6. The lowest BCUT2D eigenvalue weighted by atomic mass is 10.0. The van der Waals surface area contributed by atoms with Crippen LogP contribution in [-0.4, -0.2) is 53.1 Å². The molecule has 2 aromatic carbocycles. The summed E-state index contributed by atoms with van der Waals surface area (Å²) in [7, 11) is 0.